The van der Waals surface area contributed by atoms with Gasteiger partial charge in [-0.1, -0.05) is 98.7 Å². The number of imide groups is 1. The summed E-state index contributed by atoms with van der Waals surface area (Å²) in [7, 11) is -1.24. The van der Waals surface area contributed by atoms with Crippen LogP contribution >= 0.6 is 0 Å². The average Bonchev–Trinajstić information content (AvgIpc) is 3.76. The number of ether oxygens (including phenoxy) is 3. The Bertz CT molecular complexity index is 2670. The van der Waals surface area contributed by atoms with Crippen molar-refractivity contribution in [1.29, 1.82) is 0 Å². The fraction of sp³-hybridized carbons (Fsp3) is 0.561. The summed E-state index contributed by atoms with van der Waals surface area (Å²) in [5, 5.41) is 16.6. The molecule has 0 bridgehead atoms. The number of rotatable bonds is 34. The van der Waals surface area contributed by atoms with E-state index in [1.165, 1.54) is 54.3 Å². The van der Waals surface area contributed by atoms with Gasteiger partial charge in [-0.05, 0) is 73.9 Å². The first-order valence-electron chi connectivity index (χ1n) is 27.3. The van der Waals surface area contributed by atoms with Crippen molar-refractivity contribution < 1.29 is 65.8 Å². The maximum Gasteiger partial charge on any atom is 0.312 e. The average molecular weight is 1170 g/mol. The highest BCUT2D eigenvalue weighted by Crippen LogP contribution is 2.29. The Hall–Kier alpha value is -7.06. The molecule has 0 radical (unpaired) electrons. The van der Waals surface area contributed by atoms with Gasteiger partial charge in [0.25, 0.3) is 27.7 Å². The van der Waals surface area contributed by atoms with Crippen LogP contribution in [0.5, 0.6) is 0 Å². The molecule has 3 rings (SSSR count). The molecule has 0 unspecified atom stereocenters. The Balaban J connectivity index is 1.62. The number of nitrogens with one attached hydrogen (secondary N) is 7. The van der Waals surface area contributed by atoms with Gasteiger partial charge in [0.1, 0.15) is 18.1 Å². The van der Waals surface area contributed by atoms with Crippen LogP contribution in [0.25, 0.3) is 0 Å². The first-order chi connectivity index (χ1) is 38.4. The molecule has 0 aliphatic carbocycles. The zero-order valence-electron chi connectivity index (χ0n) is 49.3. The van der Waals surface area contributed by atoms with Gasteiger partial charge in [0.2, 0.25) is 29.5 Å². The molecule has 2 aromatic carbocycles. The van der Waals surface area contributed by atoms with Crippen molar-refractivity contribution in [3.05, 3.63) is 84.0 Å². The molecule has 1 aliphatic rings. The quantitative estimate of drug-likeness (QED) is 0.0283. The van der Waals surface area contributed by atoms with Crippen LogP contribution in [0.2, 0.25) is 0 Å². The molecular weight excluding hydrogens is 1080 g/mol. The van der Waals surface area contributed by atoms with Crippen molar-refractivity contribution in [2.75, 3.05) is 72.1 Å². The number of nitrogens with two attached hydrogens (primary N) is 1. The maximum atomic E-state index is 14.4. The number of anilines is 1. The maximum absolute atomic E-state index is 14.4. The molecule has 0 saturated carbocycles. The van der Waals surface area contributed by atoms with E-state index in [-0.39, 0.29) is 112 Å². The fourth-order valence-corrected chi connectivity index (χ4v) is 9.73. The zero-order chi connectivity index (χ0) is 61.5. The second-order valence-electron chi connectivity index (χ2n) is 22.1. The van der Waals surface area contributed by atoms with Crippen molar-refractivity contribution in [3.63, 3.8) is 0 Å². The summed E-state index contributed by atoms with van der Waals surface area (Å²) in [4.78, 5) is 119. The summed E-state index contributed by atoms with van der Waals surface area (Å²) in [5.41, 5.74) is 4.86. The Morgan fingerprint density at radius 2 is 1.30 bits per heavy atom. The smallest absolute Gasteiger partial charge is 0.312 e. The molecule has 5 atom stereocenters. The number of carbonyl (C=O) groups is 9. The first kappa shape index (κ1) is 69.2. The Kier molecular flexibility index (Phi) is 27.5. The van der Waals surface area contributed by atoms with Gasteiger partial charge in [0, 0.05) is 48.8 Å². The minimum atomic E-state index is -4.49. The molecule has 24 nitrogen and oxygen atoms in total. The van der Waals surface area contributed by atoms with Gasteiger partial charge in [0.15, 0.2) is 0 Å². The summed E-state index contributed by atoms with van der Waals surface area (Å²) in [6, 6.07) is 9.01. The third-order valence-electron chi connectivity index (χ3n) is 13.6. The number of benzene rings is 2. The second-order valence-corrected chi connectivity index (χ2v) is 23.8. The Labute approximate surface area is 482 Å². The van der Waals surface area contributed by atoms with Crippen LogP contribution in [-0.2, 0) is 68.0 Å². The van der Waals surface area contributed by atoms with Gasteiger partial charge in [-0.3, -0.25) is 43.3 Å². The van der Waals surface area contributed by atoms with E-state index in [1.54, 1.807) is 27.9 Å². The van der Waals surface area contributed by atoms with Crippen LogP contribution in [0.4, 0.5) is 10.5 Å². The number of hydrogen-bond acceptors (Lipinski definition) is 15. The van der Waals surface area contributed by atoms with Crippen LogP contribution < -0.4 is 42.4 Å². The fourth-order valence-electron chi connectivity index (χ4n) is 8.71. The number of hydrogen-bond donors (Lipinski definition) is 8. The highest BCUT2D eigenvalue weighted by atomic mass is 32.2. The zero-order valence-corrected chi connectivity index (χ0v) is 50.2. The molecule has 0 spiro atoms. The predicted octanol–water partition coefficient (Wildman–Crippen LogP) is 2.40. The molecule has 10 amide bonds. The van der Waals surface area contributed by atoms with Crippen LogP contribution in [-0.4, -0.2) is 169 Å². The highest BCUT2D eigenvalue weighted by Gasteiger charge is 2.42. The van der Waals surface area contributed by atoms with E-state index in [4.69, 9.17) is 19.9 Å². The van der Waals surface area contributed by atoms with Crippen molar-refractivity contribution in [2.24, 2.45) is 23.0 Å². The lowest BCUT2D eigenvalue weighted by molar-refractivity contribution is -0.141. The lowest BCUT2D eigenvalue weighted by Crippen LogP contribution is -2.61. The topological polar surface area (TPSA) is 332 Å². The lowest BCUT2D eigenvalue weighted by atomic mass is 9.76. The molecule has 0 fully saturated rings. The summed E-state index contributed by atoms with van der Waals surface area (Å²) < 4.78 is 45.6. The molecule has 2 aromatic rings. The van der Waals surface area contributed by atoms with Crippen LogP contribution in [0, 0.1) is 17.3 Å². The Morgan fingerprint density at radius 3 is 1.84 bits per heavy atom. The van der Waals surface area contributed by atoms with Gasteiger partial charge < -0.3 is 56.7 Å². The first-order valence-corrected chi connectivity index (χ1v) is 28.8. The third-order valence-corrected chi connectivity index (χ3v) is 14.9. The molecule has 454 valence electrons. The van der Waals surface area contributed by atoms with E-state index in [1.807, 2.05) is 78.8 Å². The highest BCUT2D eigenvalue weighted by molar-refractivity contribution is 7.90. The van der Waals surface area contributed by atoms with Crippen LogP contribution in [0.3, 0.4) is 0 Å². The van der Waals surface area contributed by atoms with E-state index in [0.29, 0.717) is 0 Å². The largest absolute Gasteiger partial charge is 0.379 e. The van der Waals surface area contributed by atoms with Crippen molar-refractivity contribution in [3.8, 4) is 0 Å². The number of amides is 10. The molecule has 1 aliphatic heterocycles. The molecule has 9 N–H and O–H groups in total. The SMILES string of the molecule is CN[C@H](C(=O)N[C@H](C(=O)N(C)[C@H](/C=C(\C)C(=O)NS(=O)(=O)c1ccc(NC(=O)[C@H](CCCNC(N)=O)NC(=O)[C@@H](NC(=O)CCOCCOCCOCCN2C(=O)C=CC2=O)C(C)C)cc1)C(C)C)C(C)(C)C)C(C)(C)c1ccccc1. The van der Waals surface area contributed by atoms with Gasteiger partial charge in [-0.15, -0.1) is 0 Å². The van der Waals surface area contributed by atoms with Crippen LogP contribution in [0.1, 0.15) is 94.1 Å². The molecule has 0 aromatic heterocycles. The molecule has 82 heavy (non-hydrogen) atoms. The summed E-state index contributed by atoms with van der Waals surface area (Å²) in [6.07, 6.45) is 4.03. The van der Waals surface area contributed by atoms with Gasteiger partial charge in [-0.2, -0.15) is 0 Å². The van der Waals surface area contributed by atoms with E-state index in [9.17, 15) is 51.6 Å². The van der Waals surface area contributed by atoms with Gasteiger partial charge in [-0.25, -0.2) is 17.9 Å². The molecule has 0 saturated heterocycles. The van der Waals surface area contributed by atoms with Gasteiger partial charge in [0.05, 0.1) is 63.2 Å². The lowest BCUT2D eigenvalue weighted by Gasteiger charge is -2.40. The van der Waals surface area contributed by atoms with E-state index in [2.05, 4.69) is 36.6 Å². The number of sulfonamides is 1. The molecule has 25 heteroatoms. The van der Waals surface area contributed by atoms with E-state index < -0.39 is 92.5 Å². The number of likely N-dealkylation sites (N-methyl/N-ethyl adjacent to an activating group) is 2. The predicted molar refractivity (Wildman–Crippen MR) is 308 cm³/mol. The molecular formula is C57H86N10O14S. The third kappa shape index (κ3) is 21.7. The minimum Gasteiger partial charge on any atom is -0.379 e. The number of nitrogens with zero attached hydrogens (tertiary/aromatic N) is 2. The number of urea groups is 1. The van der Waals surface area contributed by atoms with Crippen molar-refractivity contribution in [1.82, 2.24) is 41.1 Å². The van der Waals surface area contributed by atoms with Crippen molar-refractivity contribution in [2.45, 2.75) is 129 Å². The normalized spacial score (nSPS) is 14.9. The number of primary amides is 1. The Morgan fingerprint density at radius 1 is 0.732 bits per heavy atom. The second kappa shape index (κ2) is 32.5. The van der Waals surface area contributed by atoms with E-state index >= 15 is 0 Å². The number of carbonyl (C=O) groups excluding carboxylic acids is 9. The van der Waals surface area contributed by atoms with Crippen LogP contribution in [0.15, 0.2) is 83.3 Å². The monoisotopic (exact) mass is 1170 g/mol. The van der Waals surface area contributed by atoms with E-state index in [0.717, 1.165) is 10.5 Å². The molecule has 1 heterocycles. The minimum absolute atomic E-state index is 0.00279. The summed E-state index contributed by atoms with van der Waals surface area (Å²) in [5.74, 6) is -5.07. The summed E-state index contributed by atoms with van der Waals surface area (Å²) >= 11 is 0. The standard InChI is InChI=1S/C57H86N10O14S/c1-36(2)43(66(12)54(75)49(56(6,7)8)64-53(74)48(59-11)57(9,10)39-17-14-13-15-18-39)35-38(5)50(71)65-82(77,78)41-22-20-40(21-23-41)61-51(72)42(19-16-27-60-55(58)76)62-52(73)47(37(3)4)63-44(68)26-29-79-31-33-81-34-32-80-30-28-67-45(69)24-25-46(67)70/h13-15,17-18,20-25,35-37,42-43,47-49,59H,16,19,26-34H2,1-12H3,(H,61,72)(H,62,73)(H,63,68)(H,64,74)(H,65,71)(H3,58,60,76)/b38-35+/t42-,43+,47-,48+,49+/m0/s1. The summed E-state index contributed by atoms with van der Waals surface area (Å²) in [6.45, 7) is 19.1. The van der Waals surface area contributed by atoms with Gasteiger partial charge >= 0.3 is 6.03 Å². The van der Waals surface area contributed by atoms with Crippen molar-refractivity contribution >= 4 is 69.0 Å².